The number of rotatable bonds is 3. The van der Waals surface area contributed by atoms with Gasteiger partial charge in [-0.15, -0.1) is 5.06 Å². The maximum atomic E-state index is 13.1. The van der Waals surface area contributed by atoms with E-state index in [0.717, 1.165) is 31.5 Å². The van der Waals surface area contributed by atoms with Gasteiger partial charge in [0.2, 0.25) is 0 Å². The van der Waals surface area contributed by atoms with Gasteiger partial charge in [-0.3, -0.25) is 0 Å². The van der Waals surface area contributed by atoms with E-state index in [2.05, 4.69) is 0 Å². The Hall–Kier alpha value is -2.08. The van der Waals surface area contributed by atoms with E-state index in [1.165, 1.54) is 6.42 Å². The van der Waals surface area contributed by atoms with Gasteiger partial charge in [0.05, 0.1) is 5.41 Å². The second-order valence-electron chi connectivity index (χ2n) is 6.64. The summed E-state index contributed by atoms with van der Waals surface area (Å²) in [5.41, 5.74) is 5.63. The summed E-state index contributed by atoms with van der Waals surface area (Å²) >= 11 is 0. The number of hydrogen-bond donors (Lipinski definition) is 1. The first kappa shape index (κ1) is 16.8. The Kier molecular flexibility index (Phi) is 5.04. The summed E-state index contributed by atoms with van der Waals surface area (Å²) < 4.78 is 0. The lowest BCUT2D eigenvalue weighted by Crippen LogP contribution is -2.52. The highest BCUT2D eigenvalue weighted by molar-refractivity contribution is 5.84. The smallest absolute Gasteiger partial charge is 0.335 e. The third-order valence-electron chi connectivity index (χ3n) is 5.17. The molecule has 2 aliphatic heterocycles. The summed E-state index contributed by atoms with van der Waals surface area (Å²) in [5, 5.41) is 1.79. The van der Waals surface area contributed by atoms with Crippen molar-refractivity contribution in [3.63, 3.8) is 0 Å². The molecule has 0 spiro atoms. The maximum Gasteiger partial charge on any atom is 0.335 e. The van der Waals surface area contributed by atoms with Crippen LogP contribution in [0.2, 0.25) is 0 Å². The van der Waals surface area contributed by atoms with Gasteiger partial charge < -0.3 is 15.5 Å². The fourth-order valence-electron chi connectivity index (χ4n) is 3.64. The van der Waals surface area contributed by atoms with Crippen molar-refractivity contribution >= 4 is 12.0 Å². The zero-order valence-electron chi connectivity index (χ0n) is 13.9. The summed E-state index contributed by atoms with van der Waals surface area (Å²) in [5.74, 6) is -0.209. The molecule has 3 rings (SSSR count). The minimum atomic E-state index is -0.704. The summed E-state index contributed by atoms with van der Waals surface area (Å²) in [7, 11) is 0. The molecule has 2 saturated heterocycles. The number of piperidine rings is 2. The van der Waals surface area contributed by atoms with Gasteiger partial charge in [-0.1, -0.05) is 36.8 Å². The number of nitrogens with two attached hydrogens (primary N) is 1. The number of carbonyl (C=O) groups is 2. The summed E-state index contributed by atoms with van der Waals surface area (Å²) in [6.45, 7) is 2.53. The molecule has 1 aromatic rings. The molecule has 0 atom stereocenters. The van der Waals surface area contributed by atoms with Gasteiger partial charge in [0, 0.05) is 26.2 Å². The number of hydroxylamine groups is 2. The molecule has 2 amide bonds. The van der Waals surface area contributed by atoms with Crippen LogP contribution in [0, 0.1) is 0 Å². The second-order valence-corrected chi connectivity index (χ2v) is 6.64. The fourth-order valence-corrected chi connectivity index (χ4v) is 3.64. The predicted molar refractivity (Wildman–Crippen MR) is 90.0 cm³/mol. The zero-order chi connectivity index (χ0) is 17.0. The van der Waals surface area contributed by atoms with E-state index in [-0.39, 0.29) is 5.97 Å². The van der Waals surface area contributed by atoms with Gasteiger partial charge in [0.15, 0.2) is 0 Å². The lowest BCUT2D eigenvalue weighted by Gasteiger charge is -2.40. The Morgan fingerprint density at radius 1 is 0.958 bits per heavy atom. The molecular formula is C18H25N3O3. The summed E-state index contributed by atoms with van der Waals surface area (Å²) in [6.07, 6.45) is 4.37. The van der Waals surface area contributed by atoms with E-state index in [1.54, 1.807) is 9.96 Å². The molecule has 0 bridgehead atoms. The van der Waals surface area contributed by atoms with Crippen LogP contribution in [-0.2, 0) is 15.0 Å². The summed E-state index contributed by atoms with van der Waals surface area (Å²) in [4.78, 5) is 31.8. The molecule has 0 aromatic heterocycles. The number of hydrogen-bond acceptors (Lipinski definition) is 4. The molecule has 0 unspecified atom stereocenters. The molecule has 0 saturated carbocycles. The van der Waals surface area contributed by atoms with Gasteiger partial charge in [-0.2, -0.15) is 0 Å². The van der Waals surface area contributed by atoms with Gasteiger partial charge in [0.1, 0.15) is 0 Å². The monoisotopic (exact) mass is 331 g/mol. The average molecular weight is 331 g/mol. The largest absolute Gasteiger partial charge is 0.367 e. The van der Waals surface area contributed by atoms with Crippen molar-refractivity contribution in [2.45, 2.75) is 37.5 Å². The first-order chi connectivity index (χ1) is 11.6. The van der Waals surface area contributed by atoms with Gasteiger partial charge in [0.25, 0.3) is 0 Å². The Labute approximate surface area is 142 Å². The van der Waals surface area contributed by atoms with Crippen LogP contribution in [-0.4, -0.2) is 48.1 Å². The Morgan fingerprint density at radius 2 is 1.58 bits per heavy atom. The van der Waals surface area contributed by atoms with E-state index >= 15 is 0 Å². The number of carbonyl (C=O) groups excluding carboxylic acids is 2. The number of nitrogens with zero attached hydrogens (tertiary/aromatic N) is 2. The topological polar surface area (TPSA) is 75.9 Å². The van der Waals surface area contributed by atoms with Crippen LogP contribution in [0.3, 0.4) is 0 Å². The minimum absolute atomic E-state index is 0.209. The quantitative estimate of drug-likeness (QED) is 0.919. The van der Waals surface area contributed by atoms with Gasteiger partial charge in [-0.25, -0.2) is 9.59 Å². The van der Waals surface area contributed by atoms with E-state index < -0.39 is 11.4 Å². The third-order valence-corrected chi connectivity index (χ3v) is 5.17. The van der Waals surface area contributed by atoms with Crippen LogP contribution < -0.4 is 5.73 Å². The molecule has 0 radical (unpaired) electrons. The number of likely N-dealkylation sites (tertiary alicyclic amines) is 1. The van der Waals surface area contributed by atoms with Crippen molar-refractivity contribution in [2.75, 3.05) is 26.2 Å². The zero-order valence-corrected chi connectivity index (χ0v) is 13.9. The highest BCUT2D eigenvalue weighted by atomic mass is 16.7. The number of benzene rings is 1. The number of amides is 2. The minimum Gasteiger partial charge on any atom is -0.367 e. The lowest BCUT2D eigenvalue weighted by molar-refractivity contribution is -0.203. The van der Waals surface area contributed by atoms with Crippen molar-refractivity contribution in [1.29, 1.82) is 0 Å². The maximum absolute atomic E-state index is 13.1. The predicted octanol–water partition coefficient (Wildman–Crippen LogP) is 2.04. The van der Waals surface area contributed by atoms with Crippen LogP contribution >= 0.6 is 0 Å². The Balaban J connectivity index is 1.80. The van der Waals surface area contributed by atoms with Crippen LogP contribution in [0.25, 0.3) is 0 Å². The van der Waals surface area contributed by atoms with Crippen LogP contribution in [0.15, 0.2) is 30.3 Å². The van der Waals surface area contributed by atoms with Crippen molar-refractivity contribution in [1.82, 2.24) is 9.96 Å². The Morgan fingerprint density at radius 3 is 2.17 bits per heavy atom. The van der Waals surface area contributed by atoms with E-state index in [9.17, 15) is 9.59 Å². The van der Waals surface area contributed by atoms with E-state index in [1.807, 2.05) is 30.3 Å². The highest BCUT2D eigenvalue weighted by Gasteiger charge is 2.45. The highest BCUT2D eigenvalue weighted by Crippen LogP contribution is 2.37. The molecule has 2 N–H and O–H groups in total. The normalized spacial score (nSPS) is 21.2. The SMILES string of the molecule is NC(=O)N1CCC(C(=O)ON2CCCCC2)(c2ccccc2)CC1. The molecule has 1 aromatic carbocycles. The molecule has 6 nitrogen and oxygen atoms in total. The molecule has 6 heteroatoms. The first-order valence-electron chi connectivity index (χ1n) is 8.69. The lowest BCUT2D eigenvalue weighted by atomic mass is 9.73. The second kappa shape index (κ2) is 7.21. The molecule has 2 heterocycles. The van der Waals surface area contributed by atoms with Crippen molar-refractivity contribution in [3.8, 4) is 0 Å². The molecular weight excluding hydrogens is 306 g/mol. The molecule has 2 aliphatic rings. The van der Waals surface area contributed by atoms with E-state index in [0.29, 0.717) is 25.9 Å². The van der Waals surface area contributed by atoms with E-state index in [4.69, 9.17) is 10.6 Å². The van der Waals surface area contributed by atoms with Crippen molar-refractivity contribution in [2.24, 2.45) is 5.73 Å². The van der Waals surface area contributed by atoms with Crippen molar-refractivity contribution < 1.29 is 14.4 Å². The molecule has 130 valence electrons. The number of primary amides is 1. The molecule has 0 aliphatic carbocycles. The molecule has 24 heavy (non-hydrogen) atoms. The fraction of sp³-hybridized carbons (Fsp3) is 0.556. The average Bonchev–Trinajstić information content (AvgIpc) is 2.63. The Bertz CT molecular complexity index is 576. The van der Waals surface area contributed by atoms with Crippen LogP contribution in [0.5, 0.6) is 0 Å². The first-order valence-corrected chi connectivity index (χ1v) is 8.69. The molecule has 2 fully saturated rings. The van der Waals surface area contributed by atoms with Gasteiger partial charge in [-0.05, 0) is 31.2 Å². The third kappa shape index (κ3) is 3.38. The van der Waals surface area contributed by atoms with Gasteiger partial charge >= 0.3 is 12.0 Å². The summed E-state index contributed by atoms with van der Waals surface area (Å²) in [6, 6.07) is 9.32. The van der Waals surface area contributed by atoms with Crippen molar-refractivity contribution in [3.05, 3.63) is 35.9 Å². The van der Waals surface area contributed by atoms with Crippen LogP contribution in [0.1, 0.15) is 37.7 Å². The van der Waals surface area contributed by atoms with Crippen LogP contribution in [0.4, 0.5) is 4.79 Å². The number of urea groups is 1. The standard InChI is InChI=1S/C18H25N3O3/c19-17(23)20-13-9-18(10-14-20,15-7-3-1-4-8-15)16(22)24-21-11-5-2-6-12-21/h1,3-4,7-8H,2,5-6,9-14H2,(H2,19,23).